The quantitative estimate of drug-likeness (QED) is 0.363. The van der Waals surface area contributed by atoms with E-state index in [4.69, 9.17) is 0 Å². The van der Waals surface area contributed by atoms with Crippen molar-refractivity contribution in [2.24, 2.45) is 0 Å². The van der Waals surface area contributed by atoms with Gasteiger partial charge in [0, 0.05) is 9.49 Å². The molecule has 0 saturated heterocycles. The van der Waals surface area contributed by atoms with Gasteiger partial charge in [0.05, 0.1) is 0 Å². The van der Waals surface area contributed by atoms with Crippen molar-refractivity contribution >= 4 is 57.3 Å². The van der Waals surface area contributed by atoms with E-state index in [0.29, 0.717) is 5.92 Å². The van der Waals surface area contributed by atoms with Gasteiger partial charge in [-0.25, -0.2) is 0 Å². The second kappa shape index (κ2) is 6.60. The third-order valence-electron chi connectivity index (χ3n) is 3.86. The molecule has 102 valence electrons. The SMILES string of the molecule is ICCCC1c2ccccc2C=Cc2ccc(I)cc21. The minimum atomic E-state index is 0.528. The van der Waals surface area contributed by atoms with Crippen LogP contribution in [0, 0.1) is 3.57 Å². The van der Waals surface area contributed by atoms with Gasteiger partial charge in [-0.2, -0.15) is 0 Å². The minimum absolute atomic E-state index is 0.528. The Kier molecular flexibility index (Phi) is 4.81. The van der Waals surface area contributed by atoms with E-state index >= 15 is 0 Å². The smallest absolute Gasteiger partial charge is 0.0133 e. The van der Waals surface area contributed by atoms with Gasteiger partial charge >= 0.3 is 0 Å². The van der Waals surface area contributed by atoms with Crippen LogP contribution in [0.4, 0.5) is 0 Å². The number of benzene rings is 2. The van der Waals surface area contributed by atoms with Crippen LogP contribution in [0.5, 0.6) is 0 Å². The Morgan fingerprint density at radius 1 is 0.900 bits per heavy atom. The number of hydrogen-bond acceptors (Lipinski definition) is 0. The van der Waals surface area contributed by atoms with Crippen LogP contribution >= 0.6 is 45.2 Å². The highest BCUT2D eigenvalue weighted by molar-refractivity contribution is 14.1. The molecule has 0 bridgehead atoms. The van der Waals surface area contributed by atoms with Gasteiger partial charge in [-0.15, -0.1) is 0 Å². The van der Waals surface area contributed by atoms with E-state index in [0.717, 1.165) is 0 Å². The van der Waals surface area contributed by atoms with Crippen molar-refractivity contribution in [3.63, 3.8) is 0 Å². The highest BCUT2D eigenvalue weighted by atomic mass is 127. The van der Waals surface area contributed by atoms with Gasteiger partial charge in [-0.3, -0.25) is 0 Å². The molecule has 2 heteroatoms. The normalized spacial score (nSPS) is 16.4. The molecule has 2 aromatic rings. The fourth-order valence-electron chi connectivity index (χ4n) is 2.92. The zero-order valence-electron chi connectivity index (χ0n) is 11.2. The summed E-state index contributed by atoms with van der Waals surface area (Å²) >= 11 is 4.90. The summed E-state index contributed by atoms with van der Waals surface area (Å²) in [6.07, 6.45) is 7.04. The molecule has 1 aliphatic carbocycles. The first-order valence-electron chi connectivity index (χ1n) is 6.92. The summed E-state index contributed by atoms with van der Waals surface area (Å²) in [5.41, 5.74) is 5.72. The Hall–Kier alpha value is -0.360. The van der Waals surface area contributed by atoms with Gasteiger partial charge in [0.25, 0.3) is 0 Å². The molecule has 20 heavy (non-hydrogen) atoms. The van der Waals surface area contributed by atoms with E-state index in [2.05, 4.69) is 99.8 Å². The molecule has 0 heterocycles. The number of fused-ring (bicyclic) bond motifs is 2. The second-order valence-corrected chi connectivity index (χ2v) is 7.44. The summed E-state index contributed by atoms with van der Waals surface area (Å²) in [7, 11) is 0. The van der Waals surface area contributed by atoms with E-state index in [1.807, 2.05) is 0 Å². The zero-order chi connectivity index (χ0) is 13.9. The fourth-order valence-corrected chi connectivity index (χ4v) is 3.87. The van der Waals surface area contributed by atoms with Gasteiger partial charge in [0.1, 0.15) is 0 Å². The Morgan fingerprint density at radius 2 is 1.65 bits per heavy atom. The van der Waals surface area contributed by atoms with Crippen molar-refractivity contribution in [2.45, 2.75) is 18.8 Å². The standard InChI is InChI=1S/C18H16I2/c19-11-3-6-17-16-5-2-1-4-13(16)7-8-14-9-10-15(20)12-18(14)17/h1-2,4-5,7-10,12,17H,3,6,11H2. The Balaban J connectivity index is 2.15. The van der Waals surface area contributed by atoms with Crippen molar-refractivity contribution in [2.75, 3.05) is 4.43 Å². The maximum Gasteiger partial charge on any atom is 0.0133 e. The topological polar surface area (TPSA) is 0 Å². The summed E-state index contributed by atoms with van der Waals surface area (Å²) in [4.78, 5) is 0. The Bertz CT molecular complexity index is 644. The molecule has 3 rings (SSSR count). The van der Waals surface area contributed by atoms with Crippen LogP contribution < -0.4 is 0 Å². The van der Waals surface area contributed by atoms with Crippen molar-refractivity contribution in [3.8, 4) is 0 Å². The Morgan fingerprint density at radius 3 is 2.45 bits per heavy atom. The van der Waals surface area contributed by atoms with Crippen LogP contribution in [-0.4, -0.2) is 4.43 Å². The molecule has 0 amide bonds. The third kappa shape index (κ3) is 2.96. The van der Waals surface area contributed by atoms with E-state index in [1.54, 1.807) is 0 Å². The van der Waals surface area contributed by atoms with Crippen LogP contribution in [0.15, 0.2) is 42.5 Å². The molecule has 0 saturated carbocycles. The number of alkyl halides is 1. The first-order valence-corrected chi connectivity index (χ1v) is 9.52. The summed E-state index contributed by atoms with van der Waals surface area (Å²) in [5.74, 6) is 0.528. The Labute approximate surface area is 148 Å². The van der Waals surface area contributed by atoms with Crippen LogP contribution in [0.1, 0.15) is 41.0 Å². The molecular formula is C18H16I2. The molecule has 2 aromatic carbocycles. The second-order valence-electron chi connectivity index (χ2n) is 5.12. The van der Waals surface area contributed by atoms with Crippen LogP contribution in [0.2, 0.25) is 0 Å². The zero-order valence-corrected chi connectivity index (χ0v) is 15.5. The predicted octanol–water partition coefficient (Wildman–Crippen LogP) is 6.12. The molecule has 0 fully saturated rings. The maximum absolute atomic E-state index is 2.48. The third-order valence-corrected chi connectivity index (χ3v) is 5.30. The first kappa shape index (κ1) is 14.6. The maximum atomic E-state index is 2.48. The fraction of sp³-hybridized carbons (Fsp3) is 0.222. The van der Waals surface area contributed by atoms with E-state index in [-0.39, 0.29) is 0 Å². The predicted molar refractivity (Wildman–Crippen MR) is 104 cm³/mol. The van der Waals surface area contributed by atoms with Crippen molar-refractivity contribution in [1.29, 1.82) is 0 Å². The van der Waals surface area contributed by atoms with E-state index in [1.165, 1.54) is 43.1 Å². The lowest BCUT2D eigenvalue weighted by molar-refractivity contribution is 0.706. The lowest BCUT2D eigenvalue weighted by atomic mass is 9.85. The summed E-state index contributed by atoms with van der Waals surface area (Å²) in [6.45, 7) is 0. The molecule has 1 aliphatic rings. The number of rotatable bonds is 3. The van der Waals surface area contributed by atoms with Gasteiger partial charge in [0.2, 0.25) is 0 Å². The molecule has 0 radical (unpaired) electrons. The molecule has 0 aromatic heterocycles. The summed E-state index contributed by atoms with van der Waals surface area (Å²) < 4.78 is 2.55. The van der Waals surface area contributed by atoms with Crippen LogP contribution in [-0.2, 0) is 0 Å². The lowest BCUT2D eigenvalue weighted by Crippen LogP contribution is -2.04. The largest absolute Gasteiger partial charge is 0.0864 e. The minimum Gasteiger partial charge on any atom is -0.0864 e. The number of halogens is 2. The first-order chi connectivity index (χ1) is 9.79. The molecular weight excluding hydrogens is 470 g/mol. The van der Waals surface area contributed by atoms with Crippen LogP contribution in [0.3, 0.4) is 0 Å². The molecule has 0 spiro atoms. The van der Waals surface area contributed by atoms with E-state index in [9.17, 15) is 0 Å². The van der Waals surface area contributed by atoms with Gasteiger partial charge < -0.3 is 0 Å². The molecule has 1 unspecified atom stereocenters. The van der Waals surface area contributed by atoms with Crippen molar-refractivity contribution in [1.82, 2.24) is 0 Å². The van der Waals surface area contributed by atoms with Crippen molar-refractivity contribution in [3.05, 3.63) is 68.3 Å². The average Bonchev–Trinajstić information content (AvgIpc) is 2.62. The highest BCUT2D eigenvalue weighted by Gasteiger charge is 2.20. The summed E-state index contributed by atoms with van der Waals surface area (Å²) in [6, 6.07) is 15.7. The molecule has 0 nitrogen and oxygen atoms in total. The summed E-state index contributed by atoms with van der Waals surface area (Å²) in [5, 5.41) is 0. The van der Waals surface area contributed by atoms with E-state index < -0.39 is 0 Å². The highest BCUT2D eigenvalue weighted by Crippen LogP contribution is 2.38. The van der Waals surface area contributed by atoms with Gasteiger partial charge in [-0.05, 0) is 74.2 Å². The van der Waals surface area contributed by atoms with Crippen molar-refractivity contribution < 1.29 is 0 Å². The van der Waals surface area contributed by atoms with Crippen LogP contribution in [0.25, 0.3) is 12.2 Å². The number of hydrogen-bond donors (Lipinski definition) is 0. The lowest BCUT2D eigenvalue weighted by Gasteiger charge is -2.20. The average molecular weight is 486 g/mol. The molecule has 0 aliphatic heterocycles. The van der Waals surface area contributed by atoms with Gasteiger partial charge in [0.15, 0.2) is 0 Å². The van der Waals surface area contributed by atoms with Gasteiger partial charge in [-0.1, -0.05) is 65.1 Å². The molecule has 1 atom stereocenters. The monoisotopic (exact) mass is 486 g/mol. The molecule has 0 N–H and O–H groups in total.